The first kappa shape index (κ1) is 13.8. The molecule has 0 aromatic rings. The summed E-state index contributed by atoms with van der Waals surface area (Å²) in [4.78, 5) is 25.1. The Hall–Kier alpha value is -1.30. The number of likely N-dealkylation sites (tertiary alicyclic amines) is 1. The van der Waals surface area contributed by atoms with Gasteiger partial charge in [0.15, 0.2) is 0 Å². The minimum Gasteiger partial charge on any atom is -0.342 e. The standard InChI is InChI=1S/C14H21NO2/c1-4-5-12-6-8-15(9-7-12)14(17)10-13(16)11(2)3/h11-12H,6-10H2,1-3H3. The Bertz CT molecular complexity index is 341. The van der Waals surface area contributed by atoms with E-state index in [0.29, 0.717) is 5.92 Å². The zero-order valence-corrected chi connectivity index (χ0v) is 11.0. The van der Waals surface area contributed by atoms with Gasteiger partial charge in [-0.2, -0.15) is 0 Å². The van der Waals surface area contributed by atoms with Crippen LogP contribution < -0.4 is 0 Å². The normalized spacial score (nSPS) is 16.6. The summed E-state index contributed by atoms with van der Waals surface area (Å²) >= 11 is 0. The van der Waals surface area contributed by atoms with Crippen molar-refractivity contribution in [1.29, 1.82) is 0 Å². The Morgan fingerprint density at radius 2 is 1.88 bits per heavy atom. The molecule has 0 unspecified atom stereocenters. The fourth-order valence-electron chi connectivity index (χ4n) is 1.94. The number of carbonyl (C=O) groups is 2. The lowest BCUT2D eigenvalue weighted by molar-refractivity contribution is -0.137. The first-order valence-electron chi connectivity index (χ1n) is 6.27. The number of ketones is 1. The second-order valence-corrected chi connectivity index (χ2v) is 4.85. The van der Waals surface area contributed by atoms with Crippen molar-refractivity contribution in [3.8, 4) is 11.8 Å². The molecular formula is C14H21NO2. The molecule has 0 bridgehead atoms. The third kappa shape index (κ3) is 4.22. The van der Waals surface area contributed by atoms with Crippen LogP contribution in [0.5, 0.6) is 0 Å². The van der Waals surface area contributed by atoms with Crippen molar-refractivity contribution in [1.82, 2.24) is 4.90 Å². The van der Waals surface area contributed by atoms with Crippen molar-refractivity contribution in [2.24, 2.45) is 11.8 Å². The van der Waals surface area contributed by atoms with Crippen LogP contribution in [0.4, 0.5) is 0 Å². The molecule has 1 amide bonds. The summed E-state index contributed by atoms with van der Waals surface area (Å²) in [6.07, 6.45) is 1.92. The molecule has 0 saturated carbocycles. The third-order valence-corrected chi connectivity index (χ3v) is 3.17. The largest absolute Gasteiger partial charge is 0.342 e. The van der Waals surface area contributed by atoms with Crippen LogP contribution in [0.1, 0.15) is 40.0 Å². The van der Waals surface area contributed by atoms with Gasteiger partial charge in [-0.15, -0.1) is 11.8 Å². The Morgan fingerprint density at radius 1 is 1.29 bits per heavy atom. The zero-order chi connectivity index (χ0) is 12.8. The summed E-state index contributed by atoms with van der Waals surface area (Å²) in [5.74, 6) is 6.45. The van der Waals surface area contributed by atoms with Crippen LogP contribution in [-0.4, -0.2) is 29.7 Å². The fraction of sp³-hybridized carbons (Fsp3) is 0.714. The van der Waals surface area contributed by atoms with Gasteiger partial charge in [0.25, 0.3) is 0 Å². The van der Waals surface area contributed by atoms with Crippen molar-refractivity contribution in [3.63, 3.8) is 0 Å². The number of hydrogen-bond acceptors (Lipinski definition) is 2. The predicted octanol–water partition coefficient (Wildman–Crippen LogP) is 1.86. The SMILES string of the molecule is CC#CC1CCN(C(=O)CC(=O)C(C)C)CC1. The molecule has 0 N–H and O–H groups in total. The third-order valence-electron chi connectivity index (χ3n) is 3.17. The Labute approximate surface area is 104 Å². The van der Waals surface area contributed by atoms with Gasteiger partial charge in [0, 0.05) is 24.9 Å². The van der Waals surface area contributed by atoms with E-state index in [9.17, 15) is 9.59 Å². The lowest BCUT2D eigenvalue weighted by Crippen LogP contribution is -2.39. The van der Waals surface area contributed by atoms with E-state index in [2.05, 4.69) is 11.8 Å². The number of nitrogens with zero attached hydrogens (tertiary/aromatic N) is 1. The zero-order valence-electron chi connectivity index (χ0n) is 11.0. The molecule has 0 radical (unpaired) electrons. The number of hydrogen-bond donors (Lipinski definition) is 0. The molecule has 3 nitrogen and oxygen atoms in total. The number of rotatable bonds is 3. The van der Waals surface area contributed by atoms with E-state index in [1.165, 1.54) is 0 Å². The van der Waals surface area contributed by atoms with E-state index >= 15 is 0 Å². The van der Waals surface area contributed by atoms with E-state index in [4.69, 9.17) is 0 Å². The monoisotopic (exact) mass is 235 g/mol. The van der Waals surface area contributed by atoms with E-state index in [1.54, 1.807) is 4.90 Å². The van der Waals surface area contributed by atoms with E-state index in [-0.39, 0.29) is 24.0 Å². The quantitative estimate of drug-likeness (QED) is 0.553. The molecule has 1 heterocycles. The van der Waals surface area contributed by atoms with Gasteiger partial charge in [0.05, 0.1) is 6.42 Å². The summed E-state index contributed by atoms with van der Waals surface area (Å²) < 4.78 is 0. The molecule has 1 rings (SSSR count). The average Bonchev–Trinajstić information content (AvgIpc) is 2.30. The highest BCUT2D eigenvalue weighted by Gasteiger charge is 2.23. The second kappa shape index (κ2) is 6.44. The molecule has 94 valence electrons. The van der Waals surface area contributed by atoms with Gasteiger partial charge in [-0.3, -0.25) is 9.59 Å². The average molecular weight is 235 g/mol. The van der Waals surface area contributed by atoms with Gasteiger partial charge >= 0.3 is 0 Å². The number of amides is 1. The van der Waals surface area contributed by atoms with Crippen molar-refractivity contribution in [2.45, 2.75) is 40.0 Å². The second-order valence-electron chi connectivity index (χ2n) is 4.85. The number of Topliss-reactive ketones (excluding diaryl/α,β-unsaturated/α-hetero) is 1. The molecule has 1 aliphatic heterocycles. The Kier molecular flexibility index (Phi) is 5.21. The maximum atomic E-state index is 11.8. The molecular weight excluding hydrogens is 214 g/mol. The van der Waals surface area contributed by atoms with Crippen LogP contribution >= 0.6 is 0 Å². The van der Waals surface area contributed by atoms with Gasteiger partial charge in [0.2, 0.25) is 5.91 Å². The van der Waals surface area contributed by atoms with Crippen molar-refractivity contribution >= 4 is 11.7 Å². The Balaban J connectivity index is 2.40. The topological polar surface area (TPSA) is 37.4 Å². The Morgan fingerprint density at radius 3 is 2.35 bits per heavy atom. The van der Waals surface area contributed by atoms with Crippen molar-refractivity contribution in [2.75, 3.05) is 13.1 Å². The van der Waals surface area contributed by atoms with Gasteiger partial charge in [-0.05, 0) is 19.8 Å². The fourth-order valence-corrected chi connectivity index (χ4v) is 1.94. The summed E-state index contributed by atoms with van der Waals surface area (Å²) in [7, 11) is 0. The highest BCUT2D eigenvalue weighted by Crippen LogP contribution is 2.17. The van der Waals surface area contributed by atoms with Crippen molar-refractivity contribution < 1.29 is 9.59 Å². The van der Waals surface area contributed by atoms with Gasteiger partial charge in [0.1, 0.15) is 5.78 Å². The van der Waals surface area contributed by atoms with Gasteiger partial charge in [-0.1, -0.05) is 13.8 Å². The molecule has 3 heteroatoms. The van der Waals surface area contributed by atoms with E-state index < -0.39 is 0 Å². The summed E-state index contributed by atoms with van der Waals surface area (Å²) in [5.41, 5.74) is 0. The smallest absolute Gasteiger partial charge is 0.230 e. The number of carbonyl (C=O) groups excluding carboxylic acids is 2. The lowest BCUT2D eigenvalue weighted by Gasteiger charge is -2.29. The molecule has 1 aliphatic rings. The van der Waals surface area contributed by atoms with E-state index in [1.807, 2.05) is 20.8 Å². The first-order valence-corrected chi connectivity index (χ1v) is 6.27. The molecule has 0 aromatic carbocycles. The maximum Gasteiger partial charge on any atom is 0.230 e. The van der Waals surface area contributed by atoms with Gasteiger partial charge < -0.3 is 4.90 Å². The molecule has 17 heavy (non-hydrogen) atoms. The lowest BCUT2D eigenvalue weighted by atomic mass is 9.96. The molecule has 0 aliphatic carbocycles. The maximum absolute atomic E-state index is 11.8. The highest BCUT2D eigenvalue weighted by atomic mass is 16.2. The molecule has 0 aromatic heterocycles. The molecule has 0 spiro atoms. The van der Waals surface area contributed by atoms with Crippen LogP contribution in [0.15, 0.2) is 0 Å². The molecule has 1 saturated heterocycles. The van der Waals surface area contributed by atoms with Crippen LogP contribution in [0.25, 0.3) is 0 Å². The minimum atomic E-state index is -0.0533. The molecule has 0 atom stereocenters. The highest BCUT2D eigenvalue weighted by molar-refractivity contribution is 5.98. The van der Waals surface area contributed by atoms with Crippen LogP contribution in [0.2, 0.25) is 0 Å². The predicted molar refractivity (Wildman–Crippen MR) is 67.2 cm³/mol. The summed E-state index contributed by atoms with van der Waals surface area (Å²) in [6.45, 7) is 6.99. The van der Waals surface area contributed by atoms with Gasteiger partial charge in [-0.25, -0.2) is 0 Å². The summed E-state index contributed by atoms with van der Waals surface area (Å²) in [5, 5.41) is 0. The van der Waals surface area contributed by atoms with Crippen LogP contribution in [0.3, 0.4) is 0 Å². The first-order chi connectivity index (χ1) is 8.04. The summed E-state index contributed by atoms with van der Waals surface area (Å²) in [6, 6.07) is 0. The van der Waals surface area contributed by atoms with E-state index in [0.717, 1.165) is 25.9 Å². The van der Waals surface area contributed by atoms with Crippen LogP contribution in [-0.2, 0) is 9.59 Å². The van der Waals surface area contributed by atoms with Crippen LogP contribution in [0, 0.1) is 23.7 Å². The number of piperidine rings is 1. The van der Waals surface area contributed by atoms with Crippen molar-refractivity contribution in [3.05, 3.63) is 0 Å². The molecule has 1 fully saturated rings. The minimum absolute atomic E-state index is 0.0217.